The summed E-state index contributed by atoms with van der Waals surface area (Å²) < 4.78 is 10.5. The highest BCUT2D eigenvalue weighted by molar-refractivity contribution is 8.18. The van der Waals surface area contributed by atoms with Crippen LogP contribution in [0.3, 0.4) is 0 Å². The number of imide groups is 1. The molecule has 3 rings (SSSR count). The molecule has 158 valence electrons. The molecule has 0 aliphatic carbocycles. The van der Waals surface area contributed by atoms with E-state index in [0.717, 1.165) is 16.7 Å². The zero-order valence-electron chi connectivity index (χ0n) is 16.3. The first-order chi connectivity index (χ1) is 14.9. The van der Waals surface area contributed by atoms with Crippen molar-refractivity contribution in [1.82, 2.24) is 4.90 Å². The van der Waals surface area contributed by atoms with Gasteiger partial charge in [0, 0.05) is 10.7 Å². The Bertz CT molecular complexity index is 1100. The van der Waals surface area contributed by atoms with E-state index in [1.54, 1.807) is 42.5 Å². The maximum Gasteiger partial charge on any atom is 0.294 e. The van der Waals surface area contributed by atoms with Crippen molar-refractivity contribution in [3.8, 4) is 17.6 Å². The van der Waals surface area contributed by atoms with Gasteiger partial charge in [0.2, 0.25) is 5.91 Å². The number of anilines is 1. The van der Waals surface area contributed by atoms with E-state index in [0.29, 0.717) is 27.8 Å². The van der Waals surface area contributed by atoms with E-state index in [1.807, 2.05) is 6.07 Å². The Morgan fingerprint density at radius 3 is 2.65 bits per heavy atom. The highest BCUT2D eigenvalue weighted by Crippen LogP contribution is 2.34. The smallest absolute Gasteiger partial charge is 0.294 e. The molecule has 0 bridgehead atoms. The lowest BCUT2D eigenvalue weighted by molar-refractivity contribution is -0.127. The zero-order chi connectivity index (χ0) is 22.4. The van der Waals surface area contributed by atoms with Crippen molar-refractivity contribution < 1.29 is 23.9 Å². The molecule has 0 atom stereocenters. The molecule has 1 heterocycles. The van der Waals surface area contributed by atoms with Gasteiger partial charge in [-0.05, 0) is 59.8 Å². The highest BCUT2D eigenvalue weighted by Gasteiger charge is 2.36. The van der Waals surface area contributed by atoms with Crippen LogP contribution in [0.1, 0.15) is 5.56 Å². The van der Waals surface area contributed by atoms with Gasteiger partial charge < -0.3 is 14.8 Å². The molecule has 10 heteroatoms. The summed E-state index contributed by atoms with van der Waals surface area (Å²) in [5.74, 6) is -0.310. The van der Waals surface area contributed by atoms with E-state index in [2.05, 4.69) is 5.32 Å². The minimum absolute atomic E-state index is 0.132. The minimum Gasteiger partial charge on any atom is -0.493 e. The van der Waals surface area contributed by atoms with Crippen molar-refractivity contribution in [2.45, 2.75) is 0 Å². The number of hydrogen-bond acceptors (Lipinski definition) is 7. The van der Waals surface area contributed by atoms with Gasteiger partial charge >= 0.3 is 0 Å². The van der Waals surface area contributed by atoms with Crippen molar-refractivity contribution in [3.63, 3.8) is 0 Å². The van der Waals surface area contributed by atoms with E-state index in [4.69, 9.17) is 26.3 Å². The number of nitrogens with one attached hydrogen (secondary N) is 1. The number of nitriles is 1. The predicted octanol–water partition coefficient (Wildman–Crippen LogP) is 3.93. The zero-order valence-corrected chi connectivity index (χ0v) is 17.8. The molecule has 1 aliphatic rings. The maximum atomic E-state index is 12.6. The lowest BCUT2D eigenvalue weighted by atomic mass is 10.2. The van der Waals surface area contributed by atoms with Crippen molar-refractivity contribution >= 4 is 52.2 Å². The van der Waals surface area contributed by atoms with E-state index in [1.165, 1.54) is 13.2 Å². The van der Waals surface area contributed by atoms with Crippen LogP contribution in [-0.4, -0.2) is 42.2 Å². The molecule has 8 nitrogen and oxygen atoms in total. The molecule has 1 aliphatic heterocycles. The van der Waals surface area contributed by atoms with E-state index < -0.39 is 23.6 Å². The number of benzene rings is 2. The van der Waals surface area contributed by atoms with Gasteiger partial charge in [-0.15, -0.1) is 0 Å². The van der Waals surface area contributed by atoms with E-state index in [-0.39, 0.29) is 11.5 Å². The summed E-state index contributed by atoms with van der Waals surface area (Å²) in [5.41, 5.74) is 1.10. The molecule has 31 heavy (non-hydrogen) atoms. The molecule has 0 radical (unpaired) electrons. The van der Waals surface area contributed by atoms with Crippen molar-refractivity contribution in [3.05, 3.63) is 58.0 Å². The number of amides is 3. The molecule has 1 fully saturated rings. The lowest BCUT2D eigenvalue weighted by Gasteiger charge is -2.12. The highest BCUT2D eigenvalue weighted by atomic mass is 35.5. The summed E-state index contributed by atoms with van der Waals surface area (Å²) in [6.07, 6.45) is 1.53. The van der Waals surface area contributed by atoms with Crippen LogP contribution in [0.15, 0.2) is 47.4 Å². The average Bonchev–Trinajstić information content (AvgIpc) is 3.01. The first-order valence-corrected chi connectivity index (χ1v) is 10.1. The molecule has 3 amide bonds. The molecule has 0 aromatic heterocycles. The molecule has 0 spiro atoms. The van der Waals surface area contributed by atoms with Crippen LogP contribution in [-0.2, 0) is 9.59 Å². The Kier molecular flexibility index (Phi) is 7.18. The van der Waals surface area contributed by atoms with E-state index in [9.17, 15) is 14.4 Å². The summed E-state index contributed by atoms with van der Waals surface area (Å²) in [6.45, 7) is -0.540. The summed E-state index contributed by atoms with van der Waals surface area (Å²) in [5, 5.41) is 11.2. The fraction of sp³-hybridized carbons (Fsp3) is 0.143. The third-order valence-corrected chi connectivity index (χ3v) is 5.24. The van der Waals surface area contributed by atoms with Gasteiger partial charge in [-0.2, -0.15) is 5.26 Å². The average molecular weight is 458 g/mol. The molecule has 2 aromatic rings. The topological polar surface area (TPSA) is 109 Å². The number of hydrogen-bond donors (Lipinski definition) is 1. The monoisotopic (exact) mass is 457 g/mol. The number of thioether (sulfide) groups is 1. The van der Waals surface area contributed by atoms with Crippen LogP contribution in [0.25, 0.3) is 6.08 Å². The minimum atomic E-state index is -0.565. The quantitative estimate of drug-likeness (QED) is 0.627. The fourth-order valence-corrected chi connectivity index (χ4v) is 3.63. The Balaban J connectivity index is 1.70. The third kappa shape index (κ3) is 5.57. The number of methoxy groups -OCH3 is 1. The first kappa shape index (κ1) is 22.2. The summed E-state index contributed by atoms with van der Waals surface area (Å²) >= 11 is 6.55. The normalized spacial score (nSPS) is 14.5. The Morgan fingerprint density at radius 1 is 1.23 bits per heavy atom. The molecule has 1 N–H and O–H groups in total. The lowest BCUT2D eigenvalue weighted by Crippen LogP contribution is -2.36. The molecular formula is C21H16ClN3O5S. The van der Waals surface area contributed by atoms with Crippen LogP contribution in [0, 0.1) is 11.3 Å². The SMILES string of the molecule is COc1cc(/C=C2\SC(=O)N(CC(=O)Nc3ccc(Cl)cc3)C2=O)ccc1OCC#N. The maximum absolute atomic E-state index is 12.6. The summed E-state index contributed by atoms with van der Waals surface area (Å²) in [6, 6.07) is 13.2. The van der Waals surface area contributed by atoms with Crippen molar-refractivity contribution in [1.29, 1.82) is 5.26 Å². The first-order valence-electron chi connectivity index (χ1n) is 8.90. The number of halogens is 1. The van der Waals surface area contributed by atoms with Gasteiger partial charge in [0.15, 0.2) is 18.1 Å². The number of rotatable bonds is 7. The second kappa shape index (κ2) is 10.0. The van der Waals surface area contributed by atoms with Gasteiger partial charge in [0.1, 0.15) is 12.6 Å². The molecule has 0 unspecified atom stereocenters. The Hall–Kier alpha value is -3.48. The van der Waals surface area contributed by atoms with Crippen LogP contribution >= 0.6 is 23.4 Å². The largest absolute Gasteiger partial charge is 0.493 e. The number of carbonyl (C=O) groups is 3. The Labute approximate surface area is 187 Å². The van der Waals surface area contributed by atoms with Crippen molar-refractivity contribution in [2.75, 3.05) is 25.6 Å². The van der Waals surface area contributed by atoms with Crippen LogP contribution in [0.4, 0.5) is 10.5 Å². The number of ether oxygens (including phenoxy) is 2. The van der Waals surface area contributed by atoms with Crippen molar-refractivity contribution in [2.24, 2.45) is 0 Å². The fourth-order valence-electron chi connectivity index (χ4n) is 2.67. The third-order valence-electron chi connectivity index (χ3n) is 4.08. The standard InChI is InChI=1S/C21H16ClN3O5S/c1-29-17-10-13(2-7-16(17)30-9-8-23)11-18-20(27)25(21(28)31-18)12-19(26)24-15-5-3-14(22)4-6-15/h2-7,10-11H,9,12H2,1H3,(H,24,26)/b18-11-. The number of nitrogens with zero attached hydrogens (tertiary/aromatic N) is 2. The van der Waals surface area contributed by atoms with Gasteiger partial charge in [-0.3, -0.25) is 19.3 Å². The summed E-state index contributed by atoms with van der Waals surface area (Å²) in [4.78, 5) is 38.2. The molecular weight excluding hydrogens is 442 g/mol. The second-order valence-electron chi connectivity index (χ2n) is 6.18. The molecule has 2 aromatic carbocycles. The van der Waals surface area contributed by atoms with Crippen LogP contribution < -0.4 is 14.8 Å². The van der Waals surface area contributed by atoms with Crippen LogP contribution in [0.5, 0.6) is 11.5 Å². The van der Waals surface area contributed by atoms with Gasteiger partial charge in [0.25, 0.3) is 11.1 Å². The molecule has 1 saturated heterocycles. The van der Waals surface area contributed by atoms with Gasteiger partial charge in [-0.1, -0.05) is 17.7 Å². The second-order valence-corrected chi connectivity index (χ2v) is 7.61. The number of carbonyl (C=O) groups excluding carboxylic acids is 3. The van der Waals surface area contributed by atoms with Crippen LogP contribution in [0.2, 0.25) is 5.02 Å². The van der Waals surface area contributed by atoms with E-state index >= 15 is 0 Å². The summed E-state index contributed by atoms with van der Waals surface area (Å²) in [7, 11) is 1.45. The Morgan fingerprint density at radius 2 is 1.97 bits per heavy atom. The molecule has 0 saturated carbocycles. The van der Waals surface area contributed by atoms with Gasteiger partial charge in [0.05, 0.1) is 12.0 Å². The predicted molar refractivity (Wildman–Crippen MR) is 117 cm³/mol. The van der Waals surface area contributed by atoms with Gasteiger partial charge in [-0.25, -0.2) is 0 Å².